The summed E-state index contributed by atoms with van der Waals surface area (Å²) in [5, 5.41) is 0. The van der Waals surface area contributed by atoms with E-state index in [4.69, 9.17) is 5.73 Å². The van der Waals surface area contributed by atoms with Crippen LogP contribution >= 0.6 is 0 Å². The zero-order chi connectivity index (χ0) is 14.4. The Balaban J connectivity index is 2.92. The van der Waals surface area contributed by atoms with Crippen molar-refractivity contribution in [3.05, 3.63) is 29.6 Å². The molecule has 0 spiro atoms. The number of nitrogens with zero attached hydrogens (tertiary/aromatic N) is 1. The molecule has 106 valence electrons. The molecule has 0 aliphatic rings. The SMILES string of the molecule is CCC(CC)CN(CC)C(=O)c1cc(N)ccc1F. The summed E-state index contributed by atoms with van der Waals surface area (Å²) in [7, 11) is 0. The molecule has 1 aromatic rings. The second-order valence-corrected chi connectivity index (χ2v) is 4.77. The van der Waals surface area contributed by atoms with Crippen LogP contribution in [0.4, 0.5) is 10.1 Å². The van der Waals surface area contributed by atoms with Crippen molar-refractivity contribution < 1.29 is 9.18 Å². The van der Waals surface area contributed by atoms with E-state index < -0.39 is 5.82 Å². The molecule has 0 fully saturated rings. The van der Waals surface area contributed by atoms with Gasteiger partial charge in [-0.15, -0.1) is 0 Å². The number of nitrogen functional groups attached to an aromatic ring is 1. The topological polar surface area (TPSA) is 46.3 Å². The smallest absolute Gasteiger partial charge is 0.256 e. The van der Waals surface area contributed by atoms with E-state index in [0.29, 0.717) is 24.7 Å². The summed E-state index contributed by atoms with van der Waals surface area (Å²) < 4.78 is 13.7. The van der Waals surface area contributed by atoms with Crippen LogP contribution in [0.3, 0.4) is 0 Å². The van der Waals surface area contributed by atoms with E-state index in [1.54, 1.807) is 4.90 Å². The van der Waals surface area contributed by atoms with E-state index >= 15 is 0 Å². The van der Waals surface area contributed by atoms with E-state index in [9.17, 15) is 9.18 Å². The van der Waals surface area contributed by atoms with Crippen LogP contribution in [0.5, 0.6) is 0 Å². The molecule has 0 aliphatic carbocycles. The van der Waals surface area contributed by atoms with Crippen molar-refractivity contribution in [1.82, 2.24) is 4.90 Å². The molecule has 0 saturated carbocycles. The molecule has 2 N–H and O–H groups in total. The third-order valence-electron chi connectivity index (χ3n) is 3.52. The lowest BCUT2D eigenvalue weighted by atomic mass is 10.0. The van der Waals surface area contributed by atoms with Gasteiger partial charge in [-0.2, -0.15) is 0 Å². The Morgan fingerprint density at radius 1 is 1.32 bits per heavy atom. The molecule has 1 aromatic carbocycles. The van der Waals surface area contributed by atoms with Crippen LogP contribution in [0.2, 0.25) is 0 Å². The summed E-state index contributed by atoms with van der Waals surface area (Å²) in [5.74, 6) is -0.339. The number of nitrogens with two attached hydrogens (primary N) is 1. The van der Waals surface area contributed by atoms with Crippen LogP contribution in [0, 0.1) is 11.7 Å². The monoisotopic (exact) mass is 266 g/mol. The minimum Gasteiger partial charge on any atom is -0.399 e. The lowest BCUT2D eigenvalue weighted by Gasteiger charge is -2.25. The summed E-state index contributed by atoms with van der Waals surface area (Å²) in [6, 6.07) is 4.12. The molecule has 0 saturated heterocycles. The molecule has 3 nitrogen and oxygen atoms in total. The van der Waals surface area contributed by atoms with Crippen LogP contribution in [0.25, 0.3) is 0 Å². The average Bonchev–Trinajstić information content (AvgIpc) is 2.42. The van der Waals surface area contributed by atoms with Gasteiger partial charge in [0.15, 0.2) is 0 Å². The van der Waals surface area contributed by atoms with Gasteiger partial charge in [0, 0.05) is 18.8 Å². The maximum Gasteiger partial charge on any atom is 0.256 e. The van der Waals surface area contributed by atoms with E-state index in [2.05, 4.69) is 13.8 Å². The number of amides is 1. The van der Waals surface area contributed by atoms with Crippen LogP contribution in [0.1, 0.15) is 44.0 Å². The quantitative estimate of drug-likeness (QED) is 0.803. The summed E-state index contributed by atoms with van der Waals surface area (Å²) in [6.45, 7) is 7.35. The molecule has 0 unspecified atom stereocenters. The van der Waals surface area contributed by atoms with Crippen molar-refractivity contribution in [3.63, 3.8) is 0 Å². The first-order valence-electron chi connectivity index (χ1n) is 6.87. The molecule has 19 heavy (non-hydrogen) atoms. The fourth-order valence-electron chi connectivity index (χ4n) is 2.09. The van der Waals surface area contributed by atoms with Gasteiger partial charge in [-0.25, -0.2) is 4.39 Å². The highest BCUT2D eigenvalue weighted by Crippen LogP contribution is 2.17. The minimum atomic E-state index is -0.512. The zero-order valence-corrected chi connectivity index (χ0v) is 11.9. The van der Waals surface area contributed by atoms with E-state index in [1.165, 1.54) is 18.2 Å². The van der Waals surface area contributed by atoms with Crippen molar-refractivity contribution in [2.24, 2.45) is 5.92 Å². The second-order valence-electron chi connectivity index (χ2n) is 4.77. The van der Waals surface area contributed by atoms with Crippen LogP contribution in [-0.2, 0) is 0 Å². The van der Waals surface area contributed by atoms with Gasteiger partial charge in [-0.1, -0.05) is 26.7 Å². The molecule has 1 amide bonds. The Bertz CT molecular complexity index is 430. The Labute approximate surface area is 114 Å². The number of benzene rings is 1. The standard InChI is InChI=1S/C15H23FN2O/c1-4-11(5-2)10-18(6-3)15(19)13-9-12(17)7-8-14(13)16/h7-9,11H,4-6,10,17H2,1-3H3. The first kappa shape index (κ1) is 15.5. The predicted molar refractivity (Wildman–Crippen MR) is 76.5 cm³/mol. The molecule has 0 heterocycles. The predicted octanol–water partition coefficient (Wildman–Crippen LogP) is 3.31. The number of carbonyl (C=O) groups is 1. The molecule has 0 aliphatic heterocycles. The van der Waals surface area contributed by atoms with Gasteiger partial charge < -0.3 is 10.6 Å². The number of hydrogen-bond donors (Lipinski definition) is 1. The first-order chi connectivity index (χ1) is 9.03. The summed E-state index contributed by atoms with van der Waals surface area (Å²) in [4.78, 5) is 14.0. The summed E-state index contributed by atoms with van der Waals surface area (Å²) in [5.41, 5.74) is 6.09. The van der Waals surface area contributed by atoms with Crippen molar-refractivity contribution in [2.45, 2.75) is 33.6 Å². The molecule has 0 bridgehead atoms. The van der Waals surface area contributed by atoms with E-state index in [1.807, 2.05) is 6.92 Å². The van der Waals surface area contributed by atoms with Crippen molar-refractivity contribution in [2.75, 3.05) is 18.8 Å². The van der Waals surface area contributed by atoms with E-state index in [0.717, 1.165) is 12.8 Å². The van der Waals surface area contributed by atoms with Gasteiger partial charge >= 0.3 is 0 Å². The van der Waals surface area contributed by atoms with E-state index in [-0.39, 0.29) is 11.5 Å². The fraction of sp³-hybridized carbons (Fsp3) is 0.533. The number of hydrogen-bond acceptors (Lipinski definition) is 2. The second kappa shape index (κ2) is 7.12. The fourth-order valence-corrected chi connectivity index (χ4v) is 2.09. The van der Waals surface area contributed by atoms with Gasteiger partial charge in [0.2, 0.25) is 0 Å². The molecular weight excluding hydrogens is 243 g/mol. The van der Waals surface area contributed by atoms with Crippen molar-refractivity contribution in [1.29, 1.82) is 0 Å². The minimum absolute atomic E-state index is 0.0628. The van der Waals surface area contributed by atoms with Crippen molar-refractivity contribution >= 4 is 11.6 Å². The van der Waals surface area contributed by atoms with Crippen molar-refractivity contribution in [3.8, 4) is 0 Å². The van der Waals surface area contributed by atoms with Gasteiger partial charge in [0.1, 0.15) is 5.82 Å². The summed E-state index contributed by atoms with van der Waals surface area (Å²) >= 11 is 0. The Kier molecular flexibility index (Phi) is 5.80. The van der Waals surface area contributed by atoms with Crippen LogP contribution in [0.15, 0.2) is 18.2 Å². The Morgan fingerprint density at radius 3 is 2.47 bits per heavy atom. The maximum atomic E-state index is 13.7. The highest BCUT2D eigenvalue weighted by molar-refractivity contribution is 5.95. The molecule has 0 radical (unpaired) electrons. The number of carbonyl (C=O) groups excluding carboxylic acids is 1. The van der Waals surface area contributed by atoms with Crippen LogP contribution in [-0.4, -0.2) is 23.9 Å². The molecule has 0 aromatic heterocycles. The summed E-state index contributed by atoms with van der Waals surface area (Å²) in [6.07, 6.45) is 2.03. The van der Waals surface area contributed by atoms with Gasteiger partial charge in [-0.05, 0) is 31.0 Å². The van der Waals surface area contributed by atoms with Crippen LogP contribution < -0.4 is 5.73 Å². The lowest BCUT2D eigenvalue weighted by Crippen LogP contribution is -2.35. The lowest BCUT2D eigenvalue weighted by molar-refractivity contribution is 0.0730. The van der Waals surface area contributed by atoms with Gasteiger partial charge in [0.25, 0.3) is 5.91 Å². The number of anilines is 1. The maximum absolute atomic E-state index is 13.7. The van der Waals surface area contributed by atoms with Gasteiger partial charge in [0.05, 0.1) is 5.56 Å². The van der Waals surface area contributed by atoms with Gasteiger partial charge in [-0.3, -0.25) is 4.79 Å². The largest absolute Gasteiger partial charge is 0.399 e. The highest BCUT2D eigenvalue weighted by atomic mass is 19.1. The molecular formula is C15H23FN2O. The third-order valence-corrected chi connectivity index (χ3v) is 3.52. The zero-order valence-electron chi connectivity index (χ0n) is 11.9. The number of rotatable bonds is 6. The molecule has 1 rings (SSSR count). The average molecular weight is 266 g/mol. The third kappa shape index (κ3) is 3.94. The molecule has 4 heteroatoms. The first-order valence-corrected chi connectivity index (χ1v) is 6.87. The Hall–Kier alpha value is -1.58. The normalized spacial score (nSPS) is 10.8. The number of halogens is 1. The highest BCUT2D eigenvalue weighted by Gasteiger charge is 2.20. The molecule has 0 atom stereocenters. The Morgan fingerprint density at radius 2 is 1.95 bits per heavy atom.